The molecule has 0 spiro atoms. The van der Waals surface area contributed by atoms with Crippen molar-refractivity contribution < 1.29 is 4.79 Å². The fraction of sp³-hybridized carbons (Fsp3) is 0.222. The van der Waals surface area contributed by atoms with Crippen molar-refractivity contribution in [3.8, 4) is 0 Å². The van der Waals surface area contributed by atoms with E-state index >= 15 is 0 Å². The summed E-state index contributed by atoms with van der Waals surface area (Å²) in [4.78, 5) is 29.0. The fourth-order valence-electron chi connectivity index (χ4n) is 2.57. The lowest BCUT2D eigenvalue weighted by Gasteiger charge is -2.17. The predicted molar refractivity (Wildman–Crippen MR) is 96.5 cm³/mol. The summed E-state index contributed by atoms with van der Waals surface area (Å²) in [5, 5.41) is 6.10. The molecule has 0 aliphatic carbocycles. The minimum absolute atomic E-state index is 0.145. The van der Waals surface area contributed by atoms with Gasteiger partial charge in [-0.05, 0) is 56.2 Å². The van der Waals surface area contributed by atoms with E-state index in [2.05, 4.69) is 20.6 Å². The summed E-state index contributed by atoms with van der Waals surface area (Å²) in [5.74, 6) is -0.145. The van der Waals surface area contributed by atoms with Crippen LogP contribution in [0.3, 0.4) is 0 Å². The highest BCUT2D eigenvalue weighted by molar-refractivity contribution is 5.97. The van der Waals surface area contributed by atoms with Crippen LogP contribution >= 0.6 is 0 Å². The molecule has 24 heavy (non-hydrogen) atoms. The van der Waals surface area contributed by atoms with Crippen molar-refractivity contribution in [2.75, 3.05) is 10.6 Å². The van der Waals surface area contributed by atoms with Crippen molar-refractivity contribution >= 4 is 28.3 Å². The van der Waals surface area contributed by atoms with Gasteiger partial charge in [0.1, 0.15) is 6.04 Å². The Kier molecular flexibility index (Phi) is 4.12. The number of carbonyl (C=O) groups is 1. The van der Waals surface area contributed by atoms with Gasteiger partial charge in [-0.25, -0.2) is 4.79 Å². The Bertz CT molecular complexity index is 955. The minimum Gasteiger partial charge on any atom is -0.374 e. The zero-order valence-corrected chi connectivity index (χ0v) is 13.9. The molecule has 4 N–H and O–H groups in total. The Morgan fingerprint density at radius 3 is 2.62 bits per heavy atom. The molecule has 2 aromatic carbocycles. The lowest BCUT2D eigenvalue weighted by atomic mass is 10.1. The third-order valence-electron chi connectivity index (χ3n) is 4.15. The Morgan fingerprint density at radius 1 is 1.08 bits per heavy atom. The second-order valence-corrected chi connectivity index (χ2v) is 5.94. The van der Waals surface area contributed by atoms with E-state index in [1.54, 1.807) is 18.2 Å². The molecule has 0 fully saturated rings. The molecule has 3 aromatic rings. The third-order valence-corrected chi connectivity index (χ3v) is 4.15. The zero-order valence-electron chi connectivity index (χ0n) is 13.9. The van der Waals surface area contributed by atoms with E-state index in [9.17, 15) is 9.59 Å². The Hall–Kier alpha value is -3.02. The van der Waals surface area contributed by atoms with Crippen molar-refractivity contribution in [2.24, 2.45) is 0 Å². The molecular weight excluding hydrogens is 304 g/mol. The number of rotatable bonds is 4. The van der Waals surface area contributed by atoms with Gasteiger partial charge < -0.3 is 20.6 Å². The number of aromatic amines is 2. The molecule has 1 atom stereocenters. The Morgan fingerprint density at radius 2 is 1.83 bits per heavy atom. The Balaban J connectivity index is 1.73. The number of aryl methyl sites for hydroxylation is 1. The van der Waals surface area contributed by atoms with E-state index in [1.165, 1.54) is 5.56 Å². The van der Waals surface area contributed by atoms with Gasteiger partial charge in [0.2, 0.25) is 5.91 Å². The summed E-state index contributed by atoms with van der Waals surface area (Å²) in [6, 6.07) is 10.8. The van der Waals surface area contributed by atoms with Crippen molar-refractivity contribution in [2.45, 2.75) is 26.8 Å². The first-order valence-electron chi connectivity index (χ1n) is 7.79. The molecule has 0 radical (unpaired) electrons. The average Bonchev–Trinajstić information content (AvgIpc) is 2.91. The molecule has 1 aromatic heterocycles. The summed E-state index contributed by atoms with van der Waals surface area (Å²) in [5.41, 5.74) is 4.99. The molecule has 0 aliphatic heterocycles. The Labute approximate surface area is 139 Å². The van der Waals surface area contributed by atoms with Crippen LogP contribution in [0.2, 0.25) is 0 Å². The quantitative estimate of drug-likeness (QED) is 0.595. The SMILES string of the molecule is Cc1cccc(NC(C)C(=O)Nc2ccc3[nH]c(=O)[nH]c3c2)c1C. The summed E-state index contributed by atoms with van der Waals surface area (Å²) in [6.45, 7) is 5.88. The van der Waals surface area contributed by atoms with E-state index in [0.717, 1.165) is 11.3 Å². The van der Waals surface area contributed by atoms with Crippen LogP contribution in [0.25, 0.3) is 11.0 Å². The molecule has 6 heteroatoms. The first kappa shape index (κ1) is 15.9. The highest BCUT2D eigenvalue weighted by Crippen LogP contribution is 2.19. The van der Waals surface area contributed by atoms with Gasteiger partial charge in [0.25, 0.3) is 0 Å². The number of carbonyl (C=O) groups excluding carboxylic acids is 1. The van der Waals surface area contributed by atoms with Gasteiger partial charge in [0, 0.05) is 11.4 Å². The van der Waals surface area contributed by atoms with Gasteiger partial charge in [-0.2, -0.15) is 0 Å². The first-order chi connectivity index (χ1) is 11.4. The number of H-pyrrole nitrogens is 2. The fourth-order valence-corrected chi connectivity index (χ4v) is 2.57. The van der Waals surface area contributed by atoms with Crippen molar-refractivity contribution in [1.29, 1.82) is 0 Å². The number of aromatic nitrogens is 2. The highest BCUT2D eigenvalue weighted by atomic mass is 16.2. The molecule has 1 unspecified atom stereocenters. The predicted octanol–water partition coefficient (Wildman–Crippen LogP) is 2.91. The number of amides is 1. The van der Waals surface area contributed by atoms with E-state index in [1.807, 2.05) is 39.0 Å². The van der Waals surface area contributed by atoms with Crippen LogP contribution in [0.1, 0.15) is 18.1 Å². The molecular formula is C18H20N4O2. The van der Waals surface area contributed by atoms with Crippen molar-refractivity contribution in [3.05, 3.63) is 58.0 Å². The van der Waals surface area contributed by atoms with Crippen LogP contribution in [-0.2, 0) is 4.79 Å². The van der Waals surface area contributed by atoms with Crippen molar-refractivity contribution in [3.63, 3.8) is 0 Å². The molecule has 124 valence electrons. The molecule has 1 heterocycles. The number of benzene rings is 2. The maximum absolute atomic E-state index is 12.4. The van der Waals surface area contributed by atoms with Crippen molar-refractivity contribution in [1.82, 2.24) is 9.97 Å². The summed E-state index contributed by atoms with van der Waals surface area (Å²) < 4.78 is 0. The first-order valence-corrected chi connectivity index (χ1v) is 7.79. The topological polar surface area (TPSA) is 89.8 Å². The minimum atomic E-state index is -0.397. The number of hydrogen-bond donors (Lipinski definition) is 4. The van der Waals surface area contributed by atoms with Crippen LogP contribution in [-0.4, -0.2) is 21.9 Å². The van der Waals surface area contributed by atoms with Gasteiger partial charge in [-0.1, -0.05) is 12.1 Å². The van der Waals surface area contributed by atoms with Gasteiger partial charge in [0.15, 0.2) is 0 Å². The average molecular weight is 324 g/mol. The number of nitrogens with one attached hydrogen (secondary N) is 4. The molecule has 0 saturated heterocycles. The maximum Gasteiger partial charge on any atom is 0.323 e. The lowest BCUT2D eigenvalue weighted by Crippen LogP contribution is -2.32. The molecule has 6 nitrogen and oxygen atoms in total. The van der Waals surface area contributed by atoms with E-state index < -0.39 is 6.04 Å². The number of imidazole rings is 1. The molecule has 1 amide bonds. The zero-order chi connectivity index (χ0) is 17.3. The van der Waals surface area contributed by atoms with Gasteiger partial charge >= 0.3 is 5.69 Å². The van der Waals surface area contributed by atoms with Crippen LogP contribution in [0.15, 0.2) is 41.2 Å². The van der Waals surface area contributed by atoms with Gasteiger partial charge in [-0.3, -0.25) is 4.79 Å². The molecule has 0 saturated carbocycles. The van der Waals surface area contributed by atoms with E-state index in [-0.39, 0.29) is 11.6 Å². The lowest BCUT2D eigenvalue weighted by molar-refractivity contribution is -0.116. The van der Waals surface area contributed by atoms with Crippen LogP contribution in [0.4, 0.5) is 11.4 Å². The maximum atomic E-state index is 12.4. The second kappa shape index (κ2) is 6.23. The molecule has 3 rings (SSSR count). The van der Waals surface area contributed by atoms with Crippen LogP contribution in [0, 0.1) is 13.8 Å². The van der Waals surface area contributed by atoms with Crippen LogP contribution < -0.4 is 16.3 Å². The van der Waals surface area contributed by atoms with Gasteiger partial charge in [-0.15, -0.1) is 0 Å². The summed E-state index contributed by atoms with van der Waals surface area (Å²) in [6.07, 6.45) is 0. The summed E-state index contributed by atoms with van der Waals surface area (Å²) >= 11 is 0. The number of hydrogen-bond acceptors (Lipinski definition) is 3. The highest BCUT2D eigenvalue weighted by Gasteiger charge is 2.14. The number of fused-ring (bicyclic) bond motifs is 1. The number of anilines is 2. The second-order valence-electron chi connectivity index (χ2n) is 5.94. The monoisotopic (exact) mass is 324 g/mol. The molecule has 0 bridgehead atoms. The smallest absolute Gasteiger partial charge is 0.323 e. The van der Waals surface area contributed by atoms with E-state index in [0.29, 0.717) is 16.7 Å². The van der Waals surface area contributed by atoms with Gasteiger partial charge in [0.05, 0.1) is 11.0 Å². The standard InChI is InChI=1S/C18H20N4O2/c1-10-5-4-6-14(11(10)2)19-12(3)17(23)20-13-7-8-15-16(9-13)22-18(24)21-15/h4-9,12,19H,1-3H3,(H,20,23)(H2,21,22,24). The third kappa shape index (κ3) is 3.17. The van der Waals surface area contributed by atoms with Crippen LogP contribution in [0.5, 0.6) is 0 Å². The largest absolute Gasteiger partial charge is 0.374 e. The van der Waals surface area contributed by atoms with E-state index in [4.69, 9.17) is 0 Å². The molecule has 0 aliphatic rings. The summed E-state index contributed by atoms with van der Waals surface area (Å²) in [7, 11) is 0. The normalized spacial score (nSPS) is 12.1.